The van der Waals surface area contributed by atoms with Gasteiger partial charge in [0.05, 0.1) is 22.0 Å². The Balaban J connectivity index is 1.28. The number of benzene rings is 2. The number of ether oxygens (including phenoxy) is 2. The maximum absolute atomic E-state index is 13.2. The van der Waals surface area contributed by atoms with Gasteiger partial charge in [0, 0.05) is 30.2 Å². The van der Waals surface area contributed by atoms with Gasteiger partial charge in [0.2, 0.25) is 5.91 Å². The Morgan fingerprint density at radius 2 is 2.03 bits per heavy atom. The number of nitrogens with one attached hydrogen (secondary N) is 2. The van der Waals surface area contributed by atoms with Crippen LogP contribution in [0.25, 0.3) is 11.0 Å². The number of alkyl halides is 3. The largest absolute Gasteiger partial charge is 0.488 e. The summed E-state index contributed by atoms with van der Waals surface area (Å²) in [6.07, 6.45) is -1.42. The Morgan fingerprint density at radius 3 is 2.86 bits per heavy atom. The molecule has 0 radical (unpaired) electrons. The Hall–Kier alpha value is -4.08. The highest BCUT2D eigenvalue weighted by Crippen LogP contribution is 2.63. The SMILES string of the molecule is Cc1cc(Oc2ccnc3c2CCC(=O)N3)cc2c1OC1CC21c1nc2ccc(C(F)(F)F)cc2[nH]1. The average molecular weight is 492 g/mol. The lowest BCUT2D eigenvalue weighted by molar-refractivity contribution is -0.137. The van der Waals surface area contributed by atoms with E-state index < -0.39 is 17.2 Å². The molecule has 36 heavy (non-hydrogen) atoms. The molecule has 7 nitrogen and oxygen atoms in total. The van der Waals surface area contributed by atoms with Gasteiger partial charge in [0.25, 0.3) is 0 Å². The van der Waals surface area contributed by atoms with E-state index in [0.29, 0.717) is 53.4 Å². The highest BCUT2D eigenvalue weighted by atomic mass is 19.4. The summed E-state index contributed by atoms with van der Waals surface area (Å²) in [5.41, 5.74) is 2.14. The Morgan fingerprint density at radius 1 is 1.17 bits per heavy atom. The van der Waals surface area contributed by atoms with Crippen LogP contribution in [0.5, 0.6) is 17.2 Å². The van der Waals surface area contributed by atoms with Crippen LogP contribution in [0.4, 0.5) is 19.0 Å². The summed E-state index contributed by atoms with van der Waals surface area (Å²) in [6, 6.07) is 9.09. The van der Waals surface area contributed by atoms with E-state index in [1.54, 1.807) is 12.3 Å². The first-order valence-electron chi connectivity index (χ1n) is 11.6. The molecule has 0 spiro atoms. The van der Waals surface area contributed by atoms with Crippen LogP contribution in [0.1, 0.15) is 40.9 Å². The van der Waals surface area contributed by atoms with E-state index in [4.69, 9.17) is 9.47 Å². The summed E-state index contributed by atoms with van der Waals surface area (Å²) in [7, 11) is 0. The third kappa shape index (κ3) is 3.03. The summed E-state index contributed by atoms with van der Waals surface area (Å²) >= 11 is 0. The zero-order valence-corrected chi connectivity index (χ0v) is 19.0. The van der Waals surface area contributed by atoms with E-state index >= 15 is 0 Å². The summed E-state index contributed by atoms with van der Waals surface area (Å²) in [5.74, 6) is 2.97. The predicted octanol–water partition coefficient (Wildman–Crippen LogP) is 5.41. The fourth-order valence-corrected chi connectivity index (χ4v) is 5.34. The zero-order chi connectivity index (χ0) is 24.8. The number of carbonyl (C=O) groups is 1. The summed E-state index contributed by atoms with van der Waals surface area (Å²) in [4.78, 5) is 23.8. The Labute approximate surface area is 202 Å². The number of amides is 1. The number of aromatic nitrogens is 3. The van der Waals surface area contributed by atoms with Crippen LogP contribution in [0.15, 0.2) is 42.6 Å². The number of H-pyrrole nitrogens is 1. The van der Waals surface area contributed by atoms with Crippen LogP contribution in [0, 0.1) is 6.92 Å². The van der Waals surface area contributed by atoms with Crippen molar-refractivity contribution in [3.8, 4) is 17.2 Å². The van der Waals surface area contributed by atoms with E-state index in [2.05, 4.69) is 20.3 Å². The lowest BCUT2D eigenvalue weighted by Crippen LogP contribution is -2.20. The van der Waals surface area contributed by atoms with Crippen molar-refractivity contribution in [1.29, 1.82) is 0 Å². The molecule has 2 aromatic heterocycles. The lowest BCUT2D eigenvalue weighted by atomic mass is 9.93. The van der Waals surface area contributed by atoms with Gasteiger partial charge in [-0.05, 0) is 55.3 Å². The van der Waals surface area contributed by atoms with Crippen molar-refractivity contribution in [2.24, 2.45) is 0 Å². The van der Waals surface area contributed by atoms with Crippen LogP contribution in [0.2, 0.25) is 0 Å². The first-order chi connectivity index (χ1) is 17.2. The van der Waals surface area contributed by atoms with Crippen LogP contribution in [-0.2, 0) is 22.8 Å². The first kappa shape index (κ1) is 21.2. The number of halogens is 3. The van der Waals surface area contributed by atoms with Crippen molar-refractivity contribution in [1.82, 2.24) is 15.0 Å². The van der Waals surface area contributed by atoms with Crippen LogP contribution in [-0.4, -0.2) is 27.0 Å². The van der Waals surface area contributed by atoms with Crippen LogP contribution < -0.4 is 14.8 Å². The molecule has 7 rings (SSSR count). The molecule has 0 bridgehead atoms. The summed E-state index contributed by atoms with van der Waals surface area (Å²) in [5, 5.41) is 2.77. The number of hydrogen-bond acceptors (Lipinski definition) is 5. The fourth-order valence-electron chi connectivity index (χ4n) is 5.34. The topological polar surface area (TPSA) is 89.1 Å². The molecule has 2 unspecified atom stereocenters. The smallest absolute Gasteiger partial charge is 0.416 e. The van der Waals surface area contributed by atoms with Crippen molar-refractivity contribution < 1.29 is 27.4 Å². The second kappa shape index (κ2) is 6.99. The van der Waals surface area contributed by atoms with Gasteiger partial charge in [-0.1, -0.05) is 0 Å². The zero-order valence-electron chi connectivity index (χ0n) is 19.0. The quantitative estimate of drug-likeness (QED) is 0.399. The molecule has 182 valence electrons. The van der Waals surface area contributed by atoms with Gasteiger partial charge in [-0.25, -0.2) is 9.97 Å². The minimum atomic E-state index is -4.43. The molecule has 4 aromatic rings. The maximum atomic E-state index is 13.2. The fraction of sp³-hybridized carbons (Fsp3) is 0.269. The van der Waals surface area contributed by atoms with Crippen molar-refractivity contribution in [3.63, 3.8) is 0 Å². The molecule has 2 atom stereocenters. The molecule has 1 fully saturated rings. The van der Waals surface area contributed by atoms with E-state index in [0.717, 1.165) is 34.6 Å². The number of nitrogens with zero attached hydrogens (tertiary/aromatic N) is 2. The van der Waals surface area contributed by atoms with Gasteiger partial charge >= 0.3 is 6.18 Å². The Kier molecular flexibility index (Phi) is 4.12. The van der Waals surface area contributed by atoms with Gasteiger partial charge in [0.1, 0.15) is 35.0 Å². The van der Waals surface area contributed by atoms with E-state index in [9.17, 15) is 18.0 Å². The first-order valence-corrected chi connectivity index (χ1v) is 11.6. The average Bonchev–Trinajstić information content (AvgIpc) is 3.23. The number of imidazole rings is 1. The van der Waals surface area contributed by atoms with Crippen molar-refractivity contribution in [2.45, 2.75) is 43.9 Å². The third-order valence-corrected chi connectivity index (χ3v) is 7.22. The number of aryl methyl sites for hydroxylation is 1. The predicted molar refractivity (Wildman–Crippen MR) is 123 cm³/mol. The second-order valence-corrected chi connectivity index (χ2v) is 9.50. The number of aromatic amines is 1. The van der Waals surface area contributed by atoms with Gasteiger partial charge in [0.15, 0.2) is 0 Å². The second-order valence-electron chi connectivity index (χ2n) is 9.50. The molecule has 2 N–H and O–H groups in total. The van der Waals surface area contributed by atoms with Crippen molar-refractivity contribution >= 4 is 22.8 Å². The summed E-state index contributed by atoms with van der Waals surface area (Å²) < 4.78 is 52.1. The van der Waals surface area contributed by atoms with Gasteiger partial charge in [-0.15, -0.1) is 0 Å². The number of anilines is 1. The van der Waals surface area contributed by atoms with Crippen LogP contribution in [0.3, 0.4) is 0 Å². The molecule has 1 aliphatic carbocycles. The van der Waals surface area contributed by atoms with Crippen molar-refractivity contribution in [3.05, 3.63) is 70.7 Å². The highest BCUT2D eigenvalue weighted by Gasteiger charge is 2.66. The van der Waals surface area contributed by atoms with Crippen molar-refractivity contribution in [2.75, 3.05) is 5.32 Å². The van der Waals surface area contributed by atoms with Gasteiger partial charge in [-0.2, -0.15) is 13.2 Å². The molecule has 3 aliphatic rings. The molecule has 1 saturated carbocycles. The normalized spacial score (nSPS) is 21.9. The van der Waals surface area contributed by atoms with Gasteiger partial charge in [-0.3, -0.25) is 4.79 Å². The molecule has 2 aromatic carbocycles. The number of hydrogen-bond donors (Lipinski definition) is 2. The maximum Gasteiger partial charge on any atom is 0.416 e. The molecule has 10 heteroatoms. The van der Waals surface area contributed by atoms with E-state index in [1.807, 2.05) is 19.1 Å². The number of carbonyl (C=O) groups excluding carboxylic acids is 1. The summed E-state index contributed by atoms with van der Waals surface area (Å²) in [6.45, 7) is 1.93. The molecule has 4 heterocycles. The lowest BCUT2D eigenvalue weighted by Gasteiger charge is -2.20. The molecular weight excluding hydrogens is 473 g/mol. The number of rotatable bonds is 3. The van der Waals surface area contributed by atoms with Crippen LogP contribution >= 0.6 is 0 Å². The Bertz CT molecular complexity index is 1600. The third-order valence-electron chi connectivity index (χ3n) is 7.22. The molecule has 1 amide bonds. The molecular formula is C26H19F3N4O3. The molecule has 2 aliphatic heterocycles. The molecule has 0 saturated heterocycles. The van der Waals surface area contributed by atoms with Gasteiger partial charge < -0.3 is 19.8 Å². The minimum absolute atomic E-state index is 0.0763. The number of pyridine rings is 1. The number of fused-ring (bicyclic) bond motifs is 5. The highest BCUT2D eigenvalue weighted by molar-refractivity contribution is 5.93. The standard InChI is InChI=1S/C26H19F3N4O3/c1-12-8-14(35-19-6-7-30-23-15(19)3-5-21(34)33-23)10-16-22(12)36-20-11-25(16,20)24-31-17-4-2-13(26(27,28)29)9-18(17)32-24/h2,4,6-10,20H,3,5,11H2,1H3,(H,31,32)(H,30,33,34). The minimum Gasteiger partial charge on any atom is -0.488 e. The van der Waals surface area contributed by atoms with E-state index in [1.165, 1.54) is 6.07 Å². The van der Waals surface area contributed by atoms with E-state index in [-0.39, 0.29) is 12.0 Å². The monoisotopic (exact) mass is 492 g/mol.